The van der Waals surface area contributed by atoms with E-state index < -0.39 is 15.9 Å². The van der Waals surface area contributed by atoms with Crippen LogP contribution in [-0.4, -0.2) is 14.7 Å². The summed E-state index contributed by atoms with van der Waals surface area (Å²) in [6, 6.07) is 3.14. The van der Waals surface area contributed by atoms with E-state index in [-0.39, 0.29) is 6.61 Å². The molecule has 0 N–H and O–H groups in total. The zero-order chi connectivity index (χ0) is 11.6. The second-order valence-electron chi connectivity index (χ2n) is 3.11. The van der Waals surface area contributed by atoms with Gasteiger partial charge >= 0.3 is 0 Å². The summed E-state index contributed by atoms with van der Waals surface area (Å²) in [4.78, 5) is 0. The fraction of sp³-hybridized carbons (Fsp3) is 0.333. The molecule has 0 atom stereocenters. The first kappa shape index (κ1) is 12.6. The van der Waals surface area contributed by atoms with Crippen molar-refractivity contribution in [3.63, 3.8) is 0 Å². The predicted octanol–water partition coefficient (Wildman–Crippen LogP) is 2.37. The van der Waals surface area contributed by atoms with E-state index in [1.165, 1.54) is 6.07 Å². The maximum absolute atomic E-state index is 13.4. The Bertz CT molecular complexity index is 470. The minimum absolute atomic E-state index is 0.144. The summed E-state index contributed by atoms with van der Waals surface area (Å²) in [6.07, 6.45) is 0.956. The Morgan fingerprint density at radius 3 is 2.60 bits per heavy atom. The highest BCUT2D eigenvalue weighted by Crippen LogP contribution is 2.22. The molecule has 15 heavy (non-hydrogen) atoms. The molecule has 0 saturated carbocycles. The smallest absolute Gasteiger partial charge is 0.264 e. The molecule has 84 valence electrons. The van der Waals surface area contributed by atoms with Crippen LogP contribution in [0.2, 0.25) is 0 Å². The lowest BCUT2D eigenvalue weighted by Gasteiger charge is -2.07. The van der Waals surface area contributed by atoms with Crippen LogP contribution in [-0.2, 0) is 20.9 Å². The van der Waals surface area contributed by atoms with E-state index in [4.69, 9.17) is 0 Å². The van der Waals surface area contributed by atoms with Gasteiger partial charge in [0, 0.05) is 0 Å². The minimum atomic E-state index is -3.50. The van der Waals surface area contributed by atoms with Gasteiger partial charge in [0.05, 0.1) is 17.3 Å². The SMILES string of the molecule is Cc1c(COS(C)(=O)=O)ccc(Br)c1F. The Hall–Kier alpha value is -0.460. The third-order valence-corrected chi connectivity index (χ3v) is 3.04. The molecule has 0 amide bonds. The van der Waals surface area contributed by atoms with Gasteiger partial charge in [-0.15, -0.1) is 0 Å². The van der Waals surface area contributed by atoms with E-state index in [9.17, 15) is 12.8 Å². The van der Waals surface area contributed by atoms with E-state index in [1.807, 2.05) is 0 Å². The fourth-order valence-electron chi connectivity index (χ4n) is 1.02. The zero-order valence-electron chi connectivity index (χ0n) is 8.25. The zero-order valence-corrected chi connectivity index (χ0v) is 10.7. The molecule has 0 saturated heterocycles. The number of rotatable bonds is 3. The highest BCUT2D eigenvalue weighted by molar-refractivity contribution is 9.10. The molecule has 1 rings (SSSR count). The third kappa shape index (κ3) is 3.55. The quantitative estimate of drug-likeness (QED) is 0.805. The Balaban J connectivity index is 2.93. The molecule has 0 aliphatic rings. The molecule has 6 heteroatoms. The summed E-state index contributed by atoms with van der Waals surface area (Å²) in [6.45, 7) is 1.43. The first-order chi connectivity index (χ1) is 6.81. The van der Waals surface area contributed by atoms with Crippen molar-refractivity contribution in [2.45, 2.75) is 13.5 Å². The minimum Gasteiger partial charge on any atom is -0.265 e. The monoisotopic (exact) mass is 296 g/mol. The molecule has 0 radical (unpaired) electrons. The van der Waals surface area contributed by atoms with Gasteiger partial charge in [-0.3, -0.25) is 4.18 Å². The molecule has 3 nitrogen and oxygen atoms in total. The van der Waals surface area contributed by atoms with E-state index in [2.05, 4.69) is 20.1 Å². The van der Waals surface area contributed by atoms with Crippen LogP contribution < -0.4 is 0 Å². The molecule has 0 fully saturated rings. The maximum Gasteiger partial charge on any atom is 0.264 e. The van der Waals surface area contributed by atoms with Crippen LogP contribution >= 0.6 is 15.9 Å². The standard InChI is InChI=1S/C9H10BrFO3S/c1-6-7(5-14-15(2,12)13)3-4-8(10)9(6)11/h3-4H,5H2,1-2H3. The summed E-state index contributed by atoms with van der Waals surface area (Å²) in [7, 11) is -3.50. The summed E-state index contributed by atoms with van der Waals surface area (Å²) < 4.78 is 39.8. The van der Waals surface area contributed by atoms with E-state index in [1.54, 1.807) is 13.0 Å². The Morgan fingerprint density at radius 1 is 1.47 bits per heavy atom. The largest absolute Gasteiger partial charge is 0.265 e. The molecule has 0 aliphatic carbocycles. The molecule has 0 unspecified atom stereocenters. The summed E-state index contributed by atoms with van der Waals surface area (Å²) in [5, 5.41) is 0. The van der Waals surface area contributed by atoms with Crippen LogP contribution in [0.3, 0.4) is 0 Å². The second kappa shape index (κ2) is 4.59. The Kier molecular flexibility index (Phi) is 3.86. The van der Waals surface area contributed by atoms with E-state index in [0.29, 0.717) is 15.6 Å². The van der Waals surface area contributed by atoms with Crippen LogP contribution in [0.1, 0.15) is 11.1 Å². The first-order valence-electron chi connectivity index (χ1n) is 4.09. The van der Waals surface area contributed by atoms with Crippen LogP contribution in [0.25, 0.3) is 0 Å². The van der Waals surface area contributed by atoms with Crippen molar-refractivity contribution in [1.82, 2.24) is 0 Å². The number of hydrogen-bond acceptors (Lipinski definition) is 3. The van der Waals surface area contributed by atoms with Crippen molar-refractivity contribution in [3.8, 4) is 0 Å². The number of hydrogen-bond donors (Lipinski definition) is 0. The van der Waals surface area contributed by atoms with Crippen molar-refractivity contribution in [2.24, 2.45) is 0 Å². The fourth-order valence-corrected chi connectivity index (χ4v) is 1.79. The first-order valence-corrected chi connectivity index (χ1v) is 6.70. The van der Waals surface area contributed by atoms with Crippen molar-refractivity contribution in [3.05, 3.63) is 33.5 Å². The number of benzene rings is 1. The third-order valence-electron chi connectivity index (χ3n) is 1.88. The molecular weight excluding hydrogens is 287 g/mol. The highest BCUT2D eigenvalue weighted by atomic mass is 79.9. The molecule has 1 aromatic carbocycles. The van der Waals surface area contributed by atoms with Gasteiger partial charge in [-0.05, 0) is 40.0 Å². The van der Waals surface area contributed by atoms with Gasteiger partial charge in [-0.25, -0.2) is 4.39 Å². The highest BCUT2D eigenvalue weighted by Gasteiger charge is 2.10. The Morgan fingerprint density at radius 2 is 2.07 bits per heavy atom. The van der Waals surface area contributed by atoms with E-state index in [0.717, 1.165) is 6.26 Å². The van der Waals surface area contributed by atoms with Crippen LogP contribution in [0.4, 0.5) is 4.39 Å². The average molecular weight is 297 g/mol. The Labute approximate surface area is 96.5 Å². The molecule has 0 bridgehead atoms. The van der Waals surface area contributed by atoms with Crippen molar-refractivity contribution < 1.29 is 17.0 Å². The predicted molar refractivity (Wildman–Crippen MR) is 58.5 cm³/mol. The molecule has 0 aromatic heterocycles. The molecule has 0 aliphatic heterocycles. The van der Waals surface area contributed by atoms with Crippen molar-refractivity contribution in [1.29, 1.82) is 0 Å². The second-order valence-corrected chi connectivity index (χ2v) is 5.61. The molecule has 0 heterocycles. The van der Waals surface area contributed by atoms with Gasteiger partial charge in [-0.1, -0.05) is 6.07 Å². The van der Waals surface area contributed by atoms with Crippen LogP contribution in [0.5, 0.6) is 0 Å². The van der Waals surface area contributed by atoms with Gasteiger partial charge in [0.25, 0.3) is 10.1 Å². The molecule has 1 aromatic rings. The normalized spacial score (nSPS) is 11.7. The lowest BCUT2D eigenvalue weighted by Crippen LogP contribution is -2.04. The van der Waals surface area contributed by atoms with E-state index >= 15 is 0 Å². The van der Waals surface area contributed by atoms with Gasteiger partial charge in [-0.2, -0.15) is 8.42 Å². The van der Waals surface area contributed by atoms with Crippen molar-refractivity contribution in [2.75, 3.05) is 6.26 Å². The van der Waals surface area contributed by atoms with Gasteiger partial charge < -0.3 is 0 Å². The summed E-state index contributed by atoms with van der Waals surface area (Å²) in [5.41, 5.74) is 0.897. The van der Waals surface area contributed by atoms with Crippen molar-refractivity contribution >= 4 is 26.0 Å². The van der Waals surface area contributed by atoms with Gasteiger partial charge in [0.2, 0.25) is 0 Å². The van der Waals surface area contributed by atoms with Gasteiger partial charge in [0.15, 0.2) is 0 Å². The lowest BCUT2D eigenvalue weighted by molar-refractivity contribution is 0.310. The van der Waals surface area contributed by atoms with Crippen LogP contribution in [0, 0.1) is 12.7 Å². The maximum atomic E-state index is 13.4. The summed E-state index contributed by atoms with van der Waals surface area (Å²) >= 11 is 3.04. The van der Waals surface area contributed by atoms with Gasteiger partial charge in [0.1, 0.15) is 5.82 Å². The average Bonchev–Trinajstić information content (AvgIpc) is 2.12. The lowest BCUT2D eigenvalue weighted by atomic mass is 10.1. The van der Waals surface area contributed by atoms with Crippen LogP contribution in [0.15, 0.2) is 16.6 Å². The topological polar surface area (TPSA) is 43.4 Å². The molecular formula is C9H10BrFO3S. The number of halogens is 2. The summed E-state index contributed by atoms with van der Waals surface area (Å²) in [5.74, 6) is -0.399. The molecule has 0 spiro atoms.